The van der Waals surface area contributed by atoms with Crippen LogP contribution in [0.3, 0.4) is 0 Å². The van der Waals surface area contributed by atoms with E-state index in [1.165, 1.54) is 36.4 Å². The highest BCUT2D eigenvalue weighted by Gasteiger charge is 2.52. The van der Waals surface area contributed by atoms with Crippen molar-refractivity contribution in [2.24, 2.45) is 5.11 Å². The van der Waals surface area contributed by atoms with Gasteiger partial charge < -0.3 is 24.1 Å². The predicted octanol–water partition coefficient (Wildman–Crippen LogP) is 3.69. The van der Waals surface area contributed by atoms with Gasteiger partial charge in [-0.3, -0.25) is 0 Å². The molecule has 38 heavy (non-hydrogen) atoms. The van der Waals surface area contributed by atoms with Crippen LogP contribution in [-0.4, -0.2) is 60.3 Å². The number of carbonyl (C=O) groups is 3. The quantitative estimate of drug-likeness (QED) is 0.156. The van der Waals surface area contributed by atoms with E-state index in [2.05, 4.69) is 10.0 Å². The first-order chi connectivity index (χ1) is 18.5. The van der Waals surface area contributed by atoms with Crippen LogP contribution >= 0.6 is 0 Å². The lowest BCUT2D eigenvalue weighted by atomic mass is 9.97. The SMILES string of the molecule is [N-]=[N+]=N[C@H]1O[C@H](CO)[C@@H](OC(=O)c2ccccc2)[C@H](OC(=O)c2ccccc2)[C@H]1OC(=O)c1ccccc1. The van der Waals surface area contributed by atoms with Crippen molar-refractivity contribution >= 4 is 17.9 Å². The molecule has 3 aromatic carbocycles. The minimum absolute atomic E-state index is 0.168. The zero-order valence-corrected chi connectivity index (χ0v) is 19.9. The predicted molar refractivity (Wildman–Crippen MR) is 132 cm³/mol. The molecule has 0 saturated carbocycles. The molecule has 0 bridgehead atoms. The normalized spacial score (nSPS) is 22.4. The summed E-state index contributed by atoms with van der Waals surface area (Å²) in [6.07, 6.45) is -7.25. The van der Waals surface area contributed by atoms with Crippen LogP contribution in [0.2, 0.25) is 0 Å². The molecule has 0 aliphatic carbocycles. The van der Waals surface area contributed by atoms with Crippen molar-refractivity contribution in [2.45, 2.75) is 30.6 Å². The molecule has 0 amide bonds. The molecule has 4 rings (SSSR count). The summed E-state index contributed by atoms with van der Waals surface area (Å²) in [5.41, 5.74) is 9.66. The van der Waals surface area contributed by atoms with Gasteiger partial charge in [-0.25, -0.2) is 14.4 Å². The van der Waals surface area contributed by atoms with Crippen LogP contribution in [-0.2, 0) is 18.9 Å². The number of hydrogen-bond donors (Lipinski definition) is 1. The number of hydrogen-bond acceptors (Lipinski definition) is 9. The Hall–Kier alpha value is -4.70. The van der Waals surface area contributed by atoms with Gasteiger partial charge in [-0.1, -0.05) is 59.7 Å². The van der Waals surface area contributed by atoms with Crippen LogP contribution in [0, 0.1) is 0 Å². The smallest absolute Gasteiger partial charge is 0.338 e. The zero-order valence-electron chi connectivity index (χ0n) is 19.9. The minimum atomic E-state index is -1.53. The first kappa shape index (κ1) is 26.4. The largest absolute Gasteiger partial charge is 0.452 e. The second-order valence-electron chi connectivity index (χ2n) is 8.16. The van der Waals surface area contributed by atoms with Crippen LogP contribution in [0.5, 0.6) is 0 Å². The lowest BCUT2D eigenvalue weighted by molar-refractivity contribution is -0.227. The highest BCUT2D eigenvalue weighted by atomic mass is 16.7. The number of rotatable bonds is 8. The molecule has 194 valence electrons. The van der Waals surface area contributed by atoms with Crippen molar-refractivity contribution in [3.63, 3.8) is 0 Å². The molecule has 11 nitrogen and oxygen atoms in total. The standard InChI is InChI=1S/C27H23N3O8/c28-30-29-24-23(38-27(34)19-14-8-3-9-15-19)22(37-26(33)18-12-6-2-7-13-18)21(20(16-31)35-24)36-25(32)17-10-4-1-5-11-17/h1-15,20-24,31H,16H2/t20-,21-,22+,23-,24+/m1/s1. The van der Waals surface area contributed by atoms with Gasteiger partial charge in [-0.2, -0.15) is 0 Å². The molecule has 1 aliphatic rings. The van der Waals surface area contributed by atoms with Gasteiger partial charge in [0.1, 0.15) is 6.10 Å². The third kappa shape index (κ3) is 6.16. The first-order valence-corrected chi connectivity index (χ1v) is 11.6. The Morgan fingerprint density at radius 3 is 1.50 bits per heavy atom. The molecular weight excluding hydrogens is 494 g/mol. The highest BCUT2D eigenvalue weighted by molar-refractivity contribution is 5.91. The summed E-state index contributed by atoms with van der Waals surface area (Å²) in [6.45, 7) is -0.692. The number of azide groups is 1. The molecule has 1 aliphatic heterocycles. The molecule has 0 radical (unpaired) electrons. The van der Waals surface area contributed by atoms with Crippen LogP contribution in [0.4, 0.5) is 0 Å². The summed E-state index contributed by atoms with van der Waals surface area (Å²) in [5.74, 6) is -2.45. The maximum absolute atomic E-state index is 13.1. The number of benzene rings is 3. The van der Waals surface area contributed by atoms with E-state index in [0.717, 1.165) is 0 Å². The number of ether oxygens (including phenoxy) is 4. The monoisotopic (exact) mass is 517 g/mol. The van der Waals surface area contributed by atoms with E-state index < -0.39 is 55.2 Å². The molecule has 1 saturated heterocycles. The van der Waals surface area contributed by atoms with Crippen molar-refractivity contribution in [1.82, 2.24) is 0 Å². The Bertz CT molecular complexity index is 1300. The molecule has 0 aromatic heterocycles. The Morgan fingerprint density at radius 2 is 1.11 bits per heavy atom. The third-order valence-corrected chi connectivity index (χ3v) is 5.71. The fourth-order valence-corrected chi connectivity index (χ4v) is 3.89. The van der Waals surface area contributed by atoms with E-state index in [9.17, 15) is 19.5 Å². The van der Waals surface area contributed by atoms with Gasteiger partial charge in [0.25, 0.3) is 0 Å². The fraction of sp³-hybridized carbons (Fsp3) is 0.222. The van der Waals surface area contributed by atoms with Crippen LogP contribution in [0.1, 0.15) is 31.1 Å². The molecule has 0 unspecified atom stereocenters. The average molecular weight is 517 g/mol. The van der Waals surface area contributed by atoms with Crippen molar-refractivity contribution in [2.75, 3.05) is 6.61 Å². The molecule has 5 atom stereocenters. The molecule has 0 spiro atoms. The second kappa shape index (κ2) is 12.5. The van der Waals surface area contributed by atoms with Crippen molar-refractivity contribution in [3.8, 4) is 0 Å². The van der Waals surface area contributed by atoms with Gasteiger partial charge in [0.15, 0.2) is 24.5 Å². The van der Waals surface area contributed by atoms with Gasteiger partial charge in [0.05, 0.1) is 23.3 Å². The Balaban J connectivity index is 1.72. The van der Waals surface area contributed by atoms with Gasteiger partial charge >= 0.3 is 17.9 Å². The van der Waals surface area contributed by atoms with E-state index >= 15 is 0 Å². The van der Waals surface area contributed by atoms with Gasteiger partial charge in [0, 0.05) is 4.91 Å². The Labute approximate surface area is 217 Å². The number of aliphatic hydroxyl groups excluding tert-OH is 1. The molecule has 3 aromatic rings. The first-order valence-electron chi connectivity index (χ1n) is 11.6. The maximum Gasteiger partial charge on any atom is 0.338 e. The lowest BCUT2D eigenvalue weighted by Gasteiger charge is -2.43. The number of nitrogens with zero attached hydrogens (tertiary/aromatic N) is 3. The minimum Gasteiger partial charge on any atom is -0.452 e. The van der Waals surface area contributed by atoms with Crippen LogP contribution in [0.25, 0.3) is 10.4 Å². The summed E-state index contributed by atoms with van der Waals surface area (Å²) in [7, 11) is 0. The van der Waals surface area contributed by atoms with E-state index in [1.807, 2.05) is 0 Å². The Morgan fingerprint density at radius 1 is 0.711 bits per heavy atom. The summed E-state index contributed by atoms with van der Waals surface area (Å²) in [6, 6.07) is 23.9. The van der Waals surface area contributed by atoms with E-state index in [0.29, 0.717) is 0 Å². The van der Waals surface area contributed by atoms with Crippen LogP contribution < -0.4 is 0 Å². The van der Waals surface area contributed by atoms with E-state index in [4.69, 9.17) is 24.5 Å². The van der Waals surface area contributed by atoms with Crippen molar-refractivity contribution < 1.29 is 38.4 Å². The second-order valence-corrected chi connectivity index (χ2v) is 8.16. The van der Waals surface area contributed by atoms with Crippen molar-refractivity contribution in [3.05, 3.63) is 118 Å². The summed E-state index contributed by atoms with van der Waals surface area (Å²) in [4.78, 5) is 41.7. The maximum atomic E-state index is 13.1. The molecule has 1 N–H and O–H groups in total. The molecule has 1 fully saturated rings. The topological polar surface area (TPSA) is 157 Å². The summed E-state index contributed by atoms with van der Waals surface area (Å²) < 4.78 is 22.7. The highest BCUT2D eigenvalue weighted by Crippen LogP contribution is 2.31. The van der Waals surface area contributed by atoms with Crippen LogP contribution in [0.15, 0.2) is 96.1 Å². The van der Waals surface area contributed by atoms with Crippen molar-refractivity contribution in [1.29, 1.82) is 0 Å². The summed E-state index contributed by atoms with van der Waals surface area (Å²) >= 11 is 0. The van der Waals surface area contributed by atoms with Gasteiger partial charge in [0.2, 0.25) is 0 Å². The lowest BCUT2D eigenvalue weighted by Crippen LogP contribution is -2.61. The number of carbonyl (C=O) groups excluding carboxylic acids is 3. The number of esters is 3. The zero-order chi connectivity index (χ0) is 26.9. The fourth-order valence-electron chi connectivity index (χ4n) is 3.89. The van der Waals surface area contributed by atoms with Gasteiger partial charge in [-0.05, 0) is 41.9 Å². The molecule has 1 heterocycles. The average Bonchev–Trinajstić information content (AvgIpc) is 2.97. The number of aliphatic hydroxyl groups is 1. The Kier molecular flexibility index (Phi) is 8.68. The molecule has 11 heteroatoms. The summed E-state index contributed by atoms with van der Waals surface area (Å²) in [5, 5.41) is 13.6. The third-order valence-electron chi connectivity index (χ3n) is 5.71. The molecular formula is C27H23N3O8. The van der Waals surface area contributed by atoms with Gasteiger partial charge in [-0.15, -0.1) is 0 Å². The van der Waals surface area contributed by atoms with E-state index in [-0.39, 0.29) is 16.7 Å². The van der Waals surface area contributed by atoms with E-state index in [1.54, 1.807) is 54.6 Å².